The van der Waals surface area contributed by atoms with Crippen LogP contribution in [0.25, 0.3) is 0 Å². The van der Waals surface area contributed by atoms with Crippen molar-refractivity contribution in [1.29, 1.82) is 0 Å². The Kier molecular flexibility index (Phi) is 6.62. The molecule has 4 aromatic rings. The average molecular weight is 498 g/mol. The lowest BCUT2D eigenvalue weighted by Gasteiger charge is -2.41. The van der Waals surface area contributed by atoms with Crippen LogP contribution in [0.3, 0.4) is 0 Å². The molecule has 2 aromatic carbocycles. The van der Waals surface area contributed by atoms with E-state index in [1.807, 2.05) is 0 Å². The van der Waals surface area contributed by atoms with E-state index in [-0.39, 0.29) is 11.9 Å². The van der Waals surface area contributed by atoms with Crippen molar-refractivity contribution in [2.45, 2.75) is 31.7 Å². The summed E-state index contributed by atoms with van der Waals surface area (Å²) in [6.45, 7) is 3.89. The zero-order chi connectivity index (χ0) is 24.3. The number of nitrogens with zero attached hydrogens (tertiary/aromatic N) is 2. The normalized spacial score (nSPS) is 16.9. The number of fused-ring (bicyclic) bond motifs is 1. The van der Waals surface area contributed by atoms with Gasteiger partial charge in [-0.05, 0) is 61.1 Å². The third-order valence-corrected chi connectivity index (χ3v) is 8.60. The molecule has 1 aliphatic carbocycles. The number of carbonyl (C=O) groups is 1. The predicted octanol–water partition coefficient (Wildman–Crippen LogP) is 6.38. The van der Waals surface area contributed by atoms with Gasteiger partial charge in [-0.15, -0.1) is 11.3 Å². The summed E-state index contributed by atoms with van der Waals surface area (Å²) in [6, 6.07) is 25.1. The number of nitrogens with one attached hydrogen (secondary N) is 1. The Bertz CT molecular complexity index is 1290. The molecule has 184 valence electrons. The van der Waals surface area contributed by atoms with Crippen LogP contribution >= 0.6 is 11.3 Å². The molecule has 36 heavy (non-hydrogen) atoms. The van der Waals surface area contributed by atoms with Crippen molar-refractivity contribution in [3.63, 3.8) is 0 Å². The lowest BCUT2D eigenvalue weighted by atomic mass is 9.88. The zero-order valence-electron chi connectivity index (χ0n) is 20.4. The van der Waals surface area contributed by atoms with E-state index in [2.05, 4.69) is 75.8 Å². The number of para-hydroxylation sites is 1. The molecule has 0 spiro atoms. The molecule has 6 heteroatoms. The fourth-order valence-corrected chi connectivity index (χ4v) is 6.93. The van der Waals surface area contributed by atoms with Crippen molar-refractivity contribution in [2.75, 3.05) is 36.4 Å². The molecule has 1 amide bonds. The van der Waals surface area contributed by atoms with E-state index in [4.69, 9.17) is 4.42 Å². The number of piperazine rings is 1. The topological polar surface area (TPSA) is 48.7 Å². The van der Waals surface area contributed by atoms with Gasteiger partial charge in [0.2, 0.25) is 0 Å². The number of thiophene rings is 1. The van der Waals surface area contributed by atoms with E-state index in [1.165, 1.54) is 40.1 Å². The van der Waals surface area contributed by atoms with Gasteiger partial charge >= 0.3 is 0 Å². The summed E-state index contributed by atoms with van der Waals surface area (Å²) in [4.78, 5) is 19.6. The monoisotopic (exact) mass is 497 g/mol. The van der Waals surface area contributed by atoms with Gasteiger partial charge in [0.05, 0.1) is 12.3 Å². The molecule has 1 saturated heterocycles. The molecule has 2 aliphatic rings. The minimum absolute atomic E-state index is 0.106. The minimum Gasteiger partial charge on any atom is -0.459 e. The Balaban J connectivity index is 1.36. The SMILES string of the molecule is O=C(Nc1sc2c(c1[C@H](c1ccccc1)N1CCN(c3ccccc3)CC1)CCCC2)c1ccco1. The fourth-order valence-electron chi connectivity index (χ4n) is 5.62. The van der Waals surface area contributed by atoms with Crippen molar-refractivity contribution < 1.29 is 9.21 Å². The van der Waals surface area contributed by atoms with E-state index < -0.39 is 0 Å². The number of anilines is 2. The van der Waals surface area contributed by atoms with Crippen LogP contribution in [0.1, 0.15) is 51.0 Å². The van der Waals surface area contributed by atoms with Gasteiger partial charge in [0.25, 0.3) is 5.91 Å². The molecule has 5 nitrogen and oxygen atoms in total. The molecular weight excluding hydrogens is 466 g/mol. The average Bonchev–Trinajstić information content (AvgIpc) is 3.60. The first-order chi connectivity index (χ1) is 17.8. The van der Waals surface area contributed by atoms with Crippen LogP contribution in [0.5, 0.6) is 0 Å². The second-order valence-electron chi connectivity index (χ2n) is 9.56. The lowest BCUT2D eigenvalue weighted by Crippen LogP contribution is -2.48. The number of benzene rings is 2. The molecule has 1 atom stereocenters. The Morgan fingerprint density at radius 1 is 0.861 bits per heavy atom. The molecule has 1 aliphatic heterocycles. The van der Waals surface area contributed by atoms with Gasteiger partial charge in [-0.25, -0.2) is 0 Å². The van der Waals surface area contributed by atoms with Crippen LogP contribution in [-0.2, 0) is 12.8 Å². The van der Waals surface area contributed by atoms with Crippen LogP contribution in [0.2, 0.25) is 0 Å². The van der Waals surface area contributed by atoms with Gasteiger partial charge in [-0.1, -0.05) is 48.5 Å². The number of hydrogen-bond acceptors (Lipinski definition) is 5. The number of rotatable bonds is 6. The van der Waals surface area contributed by atoms with Crippen molar-refractivity contribution >= 4 is 27.9 Å². The van der Waals surface area contributed by atoms with Crippen LogP contribution < -0.4 is 10.2 Å². The van der Waals surface area contributed by atoms with Crippen LogP contribution in [-0.4, -0.2) is 37.0 Å². The van der Waals surface area contributed by atoms with E-state index >= 15 is 0 Å². The summed E-state index contributed by atoms with van der Waals surface area (Å²) in [5, 5.41) is 4.22. The molecule has 0 radical (unpaired) electrons. The van der Waals surface area contributed by atoms with E-state index in [0.29, 0.717) is 5.76 Å². The quantitative estimate of drug-likeness (QED) is 0.336. The first-order valence-corrected chi connectivity index (χ1v) is 13.7. The highest BCUT2D eigenvalue weighted by Gasteiger charge is 2.34. The van der Waals surface area contributed by atoms with E-state index in [1.54, 1.807) is 29.7 Å². The van der Waals surface area contributed by atoms with Crippen LogP contribution in [0.15, 0.2) is 83.5 Å². The molecule has 3 heterocycles. The second kappa shape index (κ2) is 10.3. The Morgan fingerprint density at radius 3 is 2.31 bits per heavy atom. The van der Waals surface area contributed by atoms with Crippen LogP contribution in [0, 0.1) is 0 Å². The van der Waals surface area contributed by atoms with E-state index in [9.17, 15) is 4.79 Å². The maximum absolute atomic E-state index is 13.1. The van der Waals surface area contributed by atoms with Gasteiger partial charge < -0.3 is 14.6 Å². The van der Waals surface area contributed by atoms with Crippen molar-refractivity contribution in [2.24, 2.45) is 0 Å². The Morgan fingerprint density at radius 2 is 1.58 bits per heavy atom. The van der Waals surface area contributed by atoms with Crippen LogP contribution in [0.4, 0.5) is 10.7 Å². The highest BCUT2D eigenvalue weighted by Crippen LogP contribution is 2.45. The Hall–Kier alpha value is -3.35. The molecular formula is C30H31N3O2S. The largest absolute Gasteiger partial charge is 0.459 e. The third kappa shape index (κ3) is 4.59. The summed E-state index contributed by atoms with van der Waals surface area (Å²) in [7, 11) is 0. The van der Waals surface area contributed by atoms with E-state index in [0.717, 1.165) is 44.0 Å². The predicted molar refractivity (Wildman–Crippen MR) is 146 cm³/mol. The number of amides is 1. The number of furan rings is 1. The van der Waals surface area contributed by atoms with Gasteiger partial charge in [-0.2, -0.15) is 0 Å². The van der Waals surface area contributed by atoms with Crippen molar-refractivity contribution in [3.05, 3.63) is 106 Å². The van der Waals surface area contributed by atoms with Crippen molar-refractivity contribution in [3.8, 4) is 0 Å². The first-order valence-electron chi connectivity index (χ1n) is 12.9. The van der Waals surface area contributed by atoms with Gasteiger partial charge in [0, 0.05) is 42.3 Å². The molecule has 0 unspecified atom stereocenters. The summed E-state index contributed by atoms with van der Waals surface area (Å²) >= 11 is 1.76. The summed E-state index contributed by atoms with van der Waals surface area (Å²) in [5.41, 5.74) is 5.30. The highest BCUT2D eigenvalue weighted by molar-refractivity contribution is 7.16. The molecule has 0 bridgehead atoms. The second-order valence-corrected chi connectivity index (χ2v) is 10.7. The summed E-state index contributed by atoms with van der Waals surface area (Å²) in [6.07, 6.45) is 6.13. The number of aryl methyl sites for hydroxylation is 1. The third-order valence-electron chi connectivity index (χ3n) is 7.37. The number of hydrogen-bond donors (Lipinski definition) is 1. The summed E-state index contributed by atoms with van der Waals surface area (Å²) in [5.74, 6) is 0.167. The summed E-state index contributed by atoms with van der Waals surface area (Å²) < 4.78 is 5.40. The lowest BCUT2D eigenvalue weighted by molar-refractivity contribution is 0.0996. The molecule has 6 rings (SSSR count). The fraction of sp³-hybridized carbons (Fsp3) is 0.300. The minimum atomic E-state index is -0.180. The molecule has 1 fully saturated rings. The van der Waals surface area contributed by atoms with Gasteiger partial charge in [0.1, 0.15) is 5.00 Å². The zero-order valence-corrected chi connectivity index (χ0v) is 21.2. The molecule has 1 N–H and O–H groups in total. The Labute approximate surface area is 216 Å². The number of carbonyl (C=O) groups excluding carboxylic acids is 1. The maximum atomic E-state index is 13.1. The first kappa shape index (κ1) is 23.1. The molecule has 2 aromatic heterocycles. The van der Waals surface area contributed by atoms with Crippen molar-refractivity contribution in [1.82, 2.24) is 4.90 Å². The smallest absolute Gasteiger partial charge is 0.291 e. The van der Waals surface area contributed by atoms with Gasteiger partial charge in [-0.3, -0.25) is 9.69 Å². The molecule has 0 saturated carbocycles. The maximum Gasteiger partial charge on any atom is 0.291 e. The van der Waals surface area contributed by atoms with Gasteiger partial charge in [0.15, 0.2) is 5.76 Å². The standard InChI is InChI=1S/C30H31N3O2S/c34-29(25-15-9-21-35-25)31-30-27(24-14-7-8-16-26(24)36-30)28(22-10-3-1-4-11-22)33-19-17-32(18-20-33)23-12-5-2-6-13-23/h1-6,9-13,15,21,28H,7-8,14,16-20H2,(H,31,34)/t28-/m0/s1. The highest BCUT2D eigenvalue weighted by atomic mass is 32.1.